The van der Waals surface area contributed by atoms with Crippen molar-refractivity contribution in [1.82, 2.24) is 4.90 Å². The normalized spacial score (nSPS) is 15.9. The van der Waals surface area contributed by atoms with Crippen LogP contribution >= 0.6 is 15.9 Å². The first-order valence-corrected chi connectivity index (χ1v) is 8.78. The molecule has 1 amide bonds. The first-order valence-electron chi connectivity index (χ1n) is 6.44. The summed E-state index contributed by atoms with van der Waals surface area (Å²) in [4.78, 5) is 13.8. The molecule has 20 heavy (non-hydrogen) atoms. The van der Waals surface area contributed by atoms with Gasteiger partial charge in [0, 0.05) is 19.2 Å². The van der Waals surface area contributed by atoms with Crippen molar-refractivity contribution in [3.8, 4) is 0 Å². The van der Waals surface area contributed by atoms with E-state index in [9.17, 15) is 13.2 Å². The van der Waals surface area contributed by atoms with Crippen LogP contribution in [0.4, 0.5) is 0 Å². The van der Waals surface area contributed by atoms with Gasteiger partial charge >= 0.3 is 0 Å². The Bertz CT molecular complexity index is 607. The Morgan fingerprint density at radius 1 is 1.55 bits per heavy atom. The fourth-order valence-electron chi connectivity index (χ4n) is 2.15. The van der Waals surface area contributed by atoms with E-state index in [1.807, 2.05) is 6.92 Å². The second-order valence-corrected chi connectivity index (χ2v) is 7.18. The zero-order valence-corrected chi connectivity index (χ0v) is 13.5. The number of primary sulfonamides is 1. The number of carbonyl (C=O) groups is 1. The summed E-state index contributed by atoms with van der Waals surface area (Å²) >= 11 is 2.97. The van der Waals surface area contributed by atoms with E-state index in [-0.39, 0.29) is 21.2 Å². The topological polar surface area (TPSA) is 93.6 Å². The third-order valence-corrected chi connectivity index (χ3v) is 5.31. The van der Waals surface area contributed by atoms with Gasteiger partial charge in [-0.05, 0) is 41.6 Å². The number of carbonyl (C=O) groups excluding carboxylic acids is 1. The van der Waals surface area contributed by atoms with Gasteiger partial charge in [0.1, 0.15) is 4.90 Å². The Morgan fingerprint density at radius 3 is 2.60 bits per heavy atom. The van der Waals surface area contributed by atoms with Crippen molar-refractivity contribution >= 4 is 31.9 Å². The predicted molar refractivity (Wildman–Crippen MR) is 76.7 cm³/mol. The van der Waals surface area contributed by atoms with Gasteiger partial charge in [-0.25, -0.2) is 13.6 Å². The highest BCUT2D eigenvalue weighted by Crippen LogP contribution is 2.29. The van der Waals surface area contributed by atoms with E-state index in [2.05, 4.69) is 15.9 Å². The molecule has 1 saturated carbocycles. The highest BCUT2D eigenvalue weighted by Gasteiger charge is 2.27. The van der Waals surface area contributed by atoms with Gasteiger partial charge in [-0.1, -0.05) is 6.42 Å². The molecule has 1 aromatic heterocycles. The maximum atomic E-state index is 12.3. The van der Waals surface area contributed by atoms with Gasteiger partial charge in [-0.15, -0.1) is 0 Å². The number of sulfonamides is 1. The minimum absolute atomic E-state index is 0.0120. The van der Waals surface area contributed by atoms with E-state index in [0.29, 0.717) is 19.0 Å². The van der Waals surface area contributed by atoms with Gasteiger partial charge < -0.3 is 9.32 Å². The zero-order valence-electron chi connectivity index (χ0n) is 11.1. The van der Waals surface area contributed by atoms with E-state index < -0.39 is 10.0 Å². The van der Waals surface area contributed by atoms with Gasteiger partial charge in [-0.2, -0.15) is 0 Å². The van der Waals surface area contributed by atoms with E-state index >= 15 is 0 Å². The molecule has 1 fully saturated rings. The van der Waals surface area contributed by atoms with Crippen LogP contribution in [0, 0.1) is 5.92 Å². The lowest BCUT2D eigenvalue weighted by Crippen LogP contribution is -2.37. The Hall–Kier alpha value is -0.860. The number of nitrogens with two attached hydrogens (primary N) is 1. The molecule has 0 bridgehead atoms. The lowest BCUT2D eigenvalue weighted by molar-refractivity contribution is 0.0673. The van der Waals surface area contributed by atoms with Gasteiger partial charge in [0.25, 0.3) is 5.91 Å². The monoisotopic (exact) mass is 364 g/mol. The summed E-state index contributed by atoms with van der Waals surface area (Å²) in [6.07, 6.45) is 3.47. The van der Waals surface area contributed by atoms with E-state index in [1.54, 1.807) is 4.90 Å². The van der Waals surface area contributed by atoms with Crippen LogP contribution in [0.15, 0.2) is 20.0 Å². The molecule has 0 atom stereocenters. The molecule has 1 aromatic rings. The maximum Gasteiger partial charge on any atom is 0.289 e. The molecule has 8 heteroatoms. The number of hydrogen-bond acceptors (Lipinski definition) is 4. The molecule has 6 nitrogen and oxygen atoms in total. The van der Waals surface area contributed by atoms with Crippen LogP contribution in [0.1, 0.15) is 36.7 Å². The Labute approximate surface area is 126 Å². The molecule has 1 aliphatic rings. The molecule has 0 radical (unpaired) electrons. The van der Waals surface area contributed by atoms with Crippen LogP contribution in [0.5, 0.6) is 0 Å². The molecule has 112 valence electrons. The van der Waals surface area contributed by atoms with Crippen molar-refractivity contribution in [3.05, 3.63) is 16.5 Å². The first kappa shape index (κ1) is 15.5. The van der Waals surface area contributed by atoms with E-state index in [1.165, 1.54) is 12.5 Å². The molecule has 2 N–H and O–H groups in total. The van der Waals surface area contributed by atoms with Gasteiger partial charge in [-0.3, -0.25) is 4.79 Å². The van der Waals surface area contributed by atoms with Gasteiger partial charge in [0.05, 0.1) is 0 Å². The fraction of sp³-hybridized carbons (Fsp3) is 0.583. The smallest absolute Gasteiger partial charge is 0.289 e. The van der Waals surface area contributed by atoms with Gasteiger partial charge in [0.15, 0.2) is 10.4 Å². The molecule has 2 rings (SSSR count). The van der Waals surface area contributed by atoms with Crippen LogP contribution in [-0.2, 0) is 10.0 Å². The number of halogens is 1. The Kier molecular flexibility index (Phi) is 4.55. The number of hydrogen-bond donors (Lipinski definition) is 1. The first-order chi connectivity index (χ1) is 9.32. The van der Waals surface area contributed by atoms with Crippen LogP contribution in [0.2, 0.25) is 0 Å². The van der Waals surface area contributed by atoms with Crippen LogP contribution < -0.4 is 5.14 Å². The van der Waals surface area contributed by atoms with Crippen molar-refractivity contribution in [3.63, 3.8) is 0 Å². The van der Waals surface area contributed by atoms with Crippen molar-refractivity contribution < 1.29 is 17.6 Å². The Morgan fingerprint density at radius 2 is 2.20 bits per heavy atom. The number of amides is 1. The van der Waals surface area contributed by atoms with Crippen LogP contribution in [-0.4, -0.2) is 32.3 Å². The summed E-state index contributed by atoms with van der Waals surface area (Å²) in [6, 6.07) is 1.17. The van der Waals surface area contributed by atoms with Crippen molar-refractivity contribution in [1.29, 1.82) is 0 Å². The number of rotatable bonds is 5. The van der Waals surface area contributed by atoms with Crippen LogP contribution in [0.25, 0.3) is 0 Å². The lowest BCUT2D eigenvalue weighted by atomic mass is 9.85. The SMILES string of the molecule is CCN(CC1CCC1)C(=O)c1cc(S(N)(=O)=O)c(Br)o1. The average molecular weight is 365 g/mol. The minimum atomic E-state index is -3.91. The zero-order chi connectivity index (χ0) is 14.9. The summed E-state index contributed by atoms with van der Waals surface area (Å²) in [5.41, 5.74) is 0. The quantitative estimate of drug-likeness (QED) is 0.863. The molecular weight excluding hydrogens is 348 g/mol. The second-order valence-electron chi connectivity index (χ2n) is 4.93. The Balaban J connectivity index is 2.19. The second kappa shape index (κ2) is 5.87. The largest absolute Gasteiger partial charge is 0.443 e. The average Bonchev–Trinajstić information content (AvgIpc) is 2.69. The van der Waals surface area contributed by atoms with Crippen LogP contribution in [0.3, 0.4) is 0 Å². The minimum Gasteiger partial charge on any atom is -0.443 e. The van der Waals surface area contributed by atoms with E-state index in [4.69, 9.17) is 9.56 Å². The lowest BCUT2D eigenvalue weighted by Gasteiger charge is -2.31. The van der Waals surface area contributed by atoms with Crippen molar-refractivity contribution in [2.24, 2.45) is 11.1 Å². The number of nitrogens with zero attached hydrogens (tertiary/aromatic N) is 1. The molecule has 0 aromatic carbocycles. The van der Waals surface area contributed by atoms with Crippen molar-refractivity contribution in [2.45, 2.75) is 31.1 Å². The summed E-state index contributed by atoms with van der Waals surface area (Å²) in [5.74, 6) is 0.215. The summed E-state index contributed by atoms with van der Waals surface area (Å²) in [5, 5.41) is 5.05. The fourth-order valence-corrected chi connectivity index (χ4v) is 3.65. The summed E-state index contributed by atoms with van der Waals surface area (Å²) in [7, 11) is -3.91. The molecule has 0 aliphatic heterocycles. The molecule has 0 spiro atoms. The van der Waals surface area contributed by atoms with Crippen molar-refractivity contribution in [2.75, 3.05) is 13.1 Å². The van der Waals surface area contributed by atoms with Gasteiger partial charge in [0.2, 0.25) is 10.0 Å². The maximum absolute atomic E-state index is 12.3. The molecule has 1 heterocycles. The predicted octanol–water partition coefficient (Wildman–Crippen LogP) is 1.95. The highest BCUT2D eigenvalue weighted by molar-refractivity contribution is 9.10. The summed E-state index contributed by atoms with van der Waals surface area (Å²) in [6.45, 7) is 3.12. The summed E-state index contributed by atoms with van der Waals surface area (Å²) < 4.78 is 27.8. The standard InChI is InChI=1S/C12H17BrN2O4S/c1-2-15(7-8-4-3-5-8)12(16)9-6-10(11(13)19-9)20(14,17)18/h6,8H,2-5,7H2,1H3,(H2,14,17,18). The third-order valence-electron chi connectivity index (χ3n) is 3.55. The number of furan rings is 1. The molecule has 0 saturated heterocycles. The molecular formula is C12H17BrN2O4S. The molecule has 1 aliphatic carbocycles. The highest BCUT2D eigenvalue weighted by atomic mass is 79.9. The van der Waals surface area contributed by atoms with E-state index in [0.717, 1.165) is 12.8 Å². The molecule has 0 unspecified atom stereocenters. The third kappa shape index (κ3) is 3.24.